The topological polar surface area (TPSA) is 76.1 Å². The van der Waals surface area contributed by atoms with Crippen molar-refractivity contribution < 1.29 is 24.2 Å². The highest BCUT2D eigenvalue weighted by atomic mass is 16.6. The van der Waals surface area contributed by atoms with E-state index in [-0.39, 0.29) is 13.0 Å². The lowest BCUT2D eigenvalue weighted by atomic mass is 9.88. The number of nitrogens with zero attached hydrogens (tertiary/aromatic N) is 1. The zero-order valence-electron chi connectivity index (χ0n) is 18.5. The van der Waals surface area contributed by atoms with Gasteiger partial charge in [0.25, 0.3) is 0 Å². The minimum absolute atomic E-state index is 0.135. The van der Waals surface area contributed by atoms with Gasteiger partial charge in [0.15, 0.2) is 0 Å². The van der Waals surface area contributed by atoms with Gasteiger partial charge in [0.05, 0.1) is 25.2 Å². The van der Waals surface area contributed by atoms with Gasteiger partial charge in [-0.3, -0.25) is 4.79 Å². The van der Waals surface area contributed by atoms with Gasteiger partial charge in [-0.1, -0.05) is 72.8 Å². The Hall–Kier alpha value is -3.64. The first-order valence-electron chi connectivity index (χ1n) is 11.0. The summed E-state index contributed by atoms with van der Waals surface area (Å²) in [4.78, 5) is 27.5. The minimum atomic E-state index is -1.10. The molecule has 3 aromatic rings. The van der Waals surface area contributed by atoms with Crippen molar-refractivity contribution in [2.75, 3.05) is 13.7 Å². The van der Waals surface area contributed by atoms with E-state index in [1.807, 2.05) is 60.7 Å². The Balaban J connectivity index is 1.62. The maximum atomic E-state index is 13.7. The van der Waals surface area contributed by atoms with Crippen LogP contribution in [0.15, 0.2) is 84.9 Å². The Morgan fingerprint density at radius 1 is 1.00 bits per heavy atom. The summed E-state index contributed by atoms with van der Waals surface area (Å²) in [5.74, 6) is -0.641. The summed E-state index contributed by atoms with van der Waals surface area (Å²) in [6.45, 7) is 0.135. The van der Waals surface area contributed by atoms with Crippen molar-refractivity contribution in [1.29, 1.82) is 0 Å². The molecule has 0 bridgehead atoms. The van der Waals surface area contributed by atoms with E-state index in [1.54, 1.807) is 31.4 Å². The van der Waals surface area contributed by atoms with Crippen molar-refractivity contribution in [1.82, 2.24) is 4.90 Å². The van der Waals surface area contributed by atoms with Crippen LogP contribution in [0.5, 0.6) is 5.75 Å². The van der Waals surface area contributed by atoms with Gasteiger partial charge in [-0.25, -0.2) is 9.69 Å². The summed E-state index contributed by atoms with van der Waals surface area (Å²) < 4.78 is 10.5. The number of carbonyl (C=O) groups excluding carboxylic acids is 2. The molecule has 1 aliphatic heterocycles. The van der Waals surface area contributed by atoms with Crippen LogP contribution in [0, 0.1) is 5.92 Å². The Labute approximate surface area is 193 Å². The number of rotatable bonds is 8. The molecule has 0 saturated carbocycles. The second kappa shape index (κ2) is 10.3. The predicted molar refractivity (Wildman–Crippen MR) is 124 cm³/mol. The molecule has 0 aromatic heterocycles. The molecule has 3 aromatic carbocycles. The zero-order valence-corrected chi connectivity index (χ0v) is 18.5. The molecule has 3 atom stereocenters. The molecule has 4 rings (SSSR count). The highest BCUT2D eigenvalue weighted by Crippen LogP contribution is 2.31. The standard InChI is InChI=1S/C27H27NO5/c1-32-23-14-12-21(13-15-23)25(29)24(17-20-10-6-3-7-11-20)26(30)28-22(18-33-27(28)31)16-19-8-4-2-5-9-19/h2-15,22,24-25,29H,16-18H2,1H3/t22-,24?,25?/m1/s1. The lowest BCUT2D eigenvalue weighted by molar-refractivity contribution is -0.137. The van der Waals surface area contributed by atoms with Crippen molar-refractivity contribution in [2.24, 2.45) is 5.92 Å². The van der Waals surface area contributed by atoms with E-state index in [1.165, 1.54) is 4.90 Å². The molecule has 6 nitrogen and oxygen atoms in total. The smallest absolute Gasteiger partial charge is 0.416 e. The first-order valence-corrected chi connectivity index (χ1v) is 11.0. The summed E-state index contributed by atoms with van der Waals surface area (Å²) in [7, 11) is 1.57. The second-order valence-corrected chi connectivity index (χ2v) is 8.14. The number of methoxy groups -OCH3 is 1. The number of hydrogen-bond acceptors (Lipinski definition) is 5. The third-order valence-electron chi connectivity index (χ3n) is 5.97. The summed E-state index contributed by atoms with van der Waals surface area (Å²) >= 11 is 0. The van der Waals surface area contributed by atoms with Crippen LogP contribution in [-0.2, 0) is 22.4 Å². The number of cyclic esters (lactones) is 1. The largest absolute Gasteiger partial charge is 0.497 e. The molecule has 0 spiro atoms. The molecular weight excluding hydrogens is 418 g/mol. The molecule has 1 N–H and O–H groups in total. The highest BCUT2D eigenvalue weighted by Gasteiger charge is 2.43. The molecule has 1 aliphatic rings. The fourth-order valence-electron chi connectivity index (χ4n) is 4.18. The SMILES string of the molecule is COc1ccc(C(O)C(Cc2ccccc2)C(=O)N2C(=O)OC[C@H]2Cc2ccccc2)cc1. The minimum Gasteiger partial charge on any atom is -0.497 e. The highest BCUT2D eigenvalue weighted by molar-refractivity contribution is 5.95. The van der Waals surface area contributed by atoms with Gasteiger partial charge in [-0.2, -0.15) is 0 Å². The number of carbonyl (C=O) groups is 2. The normalized spacial score (nSPS) is 17.3. The van der Waals surface area contributed by atoms with Gasteiger partial charge in [0.1, 0.15) is 12.4 Å². The van der Waals surface area contributed by atoms with Crippen molar-refractivity contribution >= 4 is 12.0 Å². The molecule has 1 saturated heterocycles. The number of aliphatic hydroxyl groups is 1. The summed E-state index contributed by atoms with van der Waals surface area (Å²) in [5.41, 5.74) is 2.49. The van der Waals surface area contributed by atoms with E-state index in [4.69, 9.17) is 9.47 Å². The van der Waals surface area contributed by atoms with Gasteiger partial charge in [0, 0.05) is 0 Å². The van der Waals surface area contributed by atoms with Crippen LogP contribution in [0.2, 0.25) is 0 Å². The van der Waals surface area contributed by atoms with E-state index in [0.717, 1.165) is 11.1 Å². The predicted octanol–water partition coefficient (Wildman–Crippen LogP) is 4.18. The number of ether oxygens (including phenoxy) is 2. The Morgan fingerprint density at radius 2 is 1.61 bits per heavy atom. The number of hydrogen-bond donors (Lipinski definition) is 1. The molecule has 1 fully saturated rings. The van der Waals surface area contributed by atoms with Gasteiger partial charge in [-0.15, -0.1) is 0 Å². The molecule has 0 aliphatic carbocycles. The quantitative estimate of drug-likeness (QED) is 0.563. The third-order valence-corrected chi connectivity index (χ3v) is 5.97. The molecule has 0 radical (unpaired) electrons. The van der Waals surface area contributed by atoms with E-state index < -0.39 is 30.1 Å². The van der Waals surface area contributed by atoms with E-state index in [0.29, 0.717) is 17.7 Å². The van der Waals surface area contributed by atoms with Crippen molar-refractivity contribution in [3.05, 3.63) is 102 Å². The molecular formula is C27H27NO5. The van der Waals surface area contributed by atoms with Crippen LogP contribution in [0.3, 0.4) is 0 Å². The summed E-state index contributed by atoms with van der Waals surface area (Å²) in [5, 5.41) is 11.3. The monoisotopic (exact) mass is 445 g/mol. The first kappa shape index (κ1) is 22.6. The van der Waals surface area contributed by atoms with Crippen LogP contribution in [0.25, 0.3) is 0 Å². The molecule has 33 heavy (non-hydrogen) atoms. The van der Waals surface area contributed by atoms with Crippen LogP contribution in [0.4, 0.5) is 4.79 Å². The zero-order chi connectivity index (χ0) is 23.2. The number of imide groups is 1. The third kappa shape index (κ3) is 5.23. The van der Waals surface area contributed by atoms with Gasteiger partial charge < -0.3 is 14.6 Å². The maximum absolute atomic E-state index is 13.7. The van der Waals surface area contributed by atoms with Crippen LogP contribution in [-0.4, -0.2) is 41.8 Å². The molecule has 2 unspecified atom stereocenters. The molecule has 6 heteroatoms. The Morgan fingerprint density at radius 3 is 2.21 bits per heavy atom. The van der Waals surface area contributed by atoms with Crippen molar-refractivity contribution in [3.8, 4) is 5.75 Å². The summed E-state index contributed by atoms with van der Waals surface area (Å²) in [6, 6.07) is 25.7. The Bertz CT molecular complexity index is 1070. The fourth-order valence-corrected chi connectivity index (χ4v) is 4.18. The number of amides is 2. The molecule has 1 heterocycles. The van der Waals surface area contributed by atoms with Crippen molar-refractivity contribution in [2.45, 2.75) is 25.0 Å². The van der Waals surface area contributed by atoms with Crippen LogP contribution < -0.4 is 4.74 Å². The lowest BCUT2D eigenvalue weighted by Crippen LogP contribution is -2.45. The van der Waals surface area contributed by atoms with E-state index in [2.05, 4.69) is 0 Å². The van der Waals surface area contributed by atoms with Crippen LogP contribution >= 0.6 is 0 Å². The number of aliphatic hydroxyl groups excluding tert-OH is 1. The average molecular weight is 446 g/mol. The molecule has 170 valence electrons. The lowest BCUT2D eigenvalue weighted by Gasteiger charge is -2.28. The van der Waals surface area contributed by atoms with Crippen LogP contribution in [0.1, 0.15) is 22.8 Å². The van der Waals surface area contributed by atoms with E-state index >= 15 is 0 Å². The van der Waals surface area contributed by atoms with Gasteiger partial charge in [-0.05, 0) is 41.7 Å². The molecule has 2 amide bonds. The average Bonchev–Trinajstić information content (AvgIpc) is 3.22. The van der Waals surface area contributed by atoms with Gasteiger partial charge in [0.2, 0.25) is 5.91 Å². The number of benzene rings is 3. The second-order valence-electron chi connectivity index (χ2n) is 8.14. The van der Waals surface area contributed by atoms with Gasteiger partial charge >= 0.3 is 6.09 Å². The summed E-state index contributed by atoms with van der Waals surface area (Å²) in [6.07, 6.45) is -0.987. The van der Waals surface area contributed by atoms with E-state index in [9.17, 15) is 14.7 Å². The Kier molecular flexibility index (Phi) is 7.05. The van der Waals surface area contributed by atoms with Crippen molar-refractivity contribution in [3.63, 3.8) is 0 Å². The first-order chi connectivity index (χ1) is 16.1. The maximum Gasteiger partial charge on any atom is 0.416 e. The fraction of sp³-hybridized carbons (Fsp3) is 0.259.